The van der Waals surface area contributed by atoms with Crippen molar-refractivity contribution >= 4 is 17.0 Å². The van der Waals surface area contributed by atoms with Crippen LogP contribution in [-0.2, 0) is 12.8 Å². The Hall–Kier alpha value is -3.02. The van der Waals surface area contributed by atoms with Gasteiger partial charge in [-0.1, -0.05) is 30.3 Å². The molecule has 28 heavy (non-hydrogen) atoms. The highest BCUT2D eigenvalue weighted by Gasteiger charge is 2.04. The van der Waals surface area contributed by atoms with Crippen molar-refractivity contribution in [1.29, 1.82) is 0 Å². The van der Waals surface area contributed by atoms with Crippen molar-refractivity contribution in [3.63, 3.8) is 0 Å². The van der Waals surface area contributed by atoms with E-state index in [-0.39, 0.29) is 0 Å². The summed E-state index contributed by atoms with van der Waals surface area (Å²) < 4.78 is 5.41. The van der Waals surface area contributed by atoms with Gasteiger partial charge in [0.25, 0.3) is 0 Å². The standard InChI is InChI=1S/C22H29N5O/c1-3-23-22(25-16-14-17-9-4-7-12-20(17)28-2)24-15-8-13-21-26-18-10-5-6-11-19(18)27-21/h4-7,9-12H,3,8,13-16H2,1-2H3,(H,26,27)(H2,23,24,25). The number of hydrogen-bond acceptors (Lipinski definition) is 3. The first kappa shape index (κ1) is 19.7. The van der Waals surface area contributed by atoms with Gasteiger partial charge in [0.2, 0.25) is 0 Å². The van der Waals surface area contributed by atoms with Crippen LogP contribution in [0.25, 0.3) is 11.0 Å². The Bertz CT molecular complexity index is 870. The van der Waals surface area contributed by atoms with Crippen LogP contribution in [0.5, 0.6) is 5.75 Å². The average Bonchev–Trinajstić information content (AvgIpc) is 3.14. The number of fused-ring (bicyclic) bond motifs is 1. The summed E-state index contributed by atoms with van der Waals surface area (Å²) in [6.45, 7) is 4.46. The molecule has 0 saturated heterocycles. The van der Waals surface area contributed by atoms with Crippen LogP contribution >= 0.6 is 0 Å². The van der Waals surface area contributed by atoms with Crippen molar-refractivity contribution in [3.05, 3.63) is 59.9 Å². The molecule has 0 bridgehead atoms. The van der Waals surface area contributed by atoms with E-state index in [0.717, 1.165) is 67.5 Å². The van der Waals surface area contributed by atoms with Crippen LogP contribution in [-0.4, -0.2) is 42.7 Å². The average molecular weight is 380 g/mol. The van der Waals surface area contributed by atoms with Gasteiger partial charge in [-0.3, -0.25) is 4.99 Å². The lowest BCUT2D eigenvalue weighted by molar-refractivity contribution is 0.409. The number of nitrogens with one attached hydrogen (secondary N) is 3. The molecule has 3 aromatic rings. The molecule has 0 radical (unpaired) electrons. The number of ether oxygens (including phenoxy) is 1. The van der Waals surface area contributed by atoms with Crippen molar-refractivity contribution in [2.75, 3.05) is 26.7 Å². The lowest BCUT2D eigenvalue weighted by Gasteiger charge is -2.12. The molecular formula is C22H29N5O. The molecule has 2 aromatic carbocycles. The molecule has 0 aliphatic heterocycles. The topological polar surface area (TPSA) is 74.3 Å². The van der Waals surface area contributed by atoms with Gasteiger partial charge in [-0.2, -0.15) is 0 Å². The molecule has 0 fully saturated rings. The SMILES string of the molecule is CCNC(=NCCCc1nc2ccccc2[nH]1)NCCc1ccccc1OC. The predicted octanol–water partition coefficient (Wildman–Crippen LogP) is 3.30. The van der Waals surface area contributed by atoms with E-state index >= 15 is 0 Å². The number of benzene rings is 2. The fourth-order valence-electron chi connectivity index (χ4n) is 3.13. The van der Waals surface area contributed by atoms with Crippen LogP contribution in [0.15, 0.2) is 53.5 Å². The summed E-state index contributed by atoms with van der Waals surface area (Å²) in [5.41, 5.74) is 3.30. The Labute approximate surface area is 166 Å². The molecule has 0 unspecified atom stereocenters. The molecule has 6 nitrogen and oxygen atoms in total. The number of guanidine groups is 1. The second-order valence-electron chi connectivity index (χ2n) is 6.55. The molecule has 0 saturated carbocycles. The Morgan fingerprint density at radius 3 is 2.71 bits per heavy atom. The molecule has 3 rings (SSSR count). The minimum absolute atomic E-state index is 0.751. The van der Waals surface area contributed by atoms with E-state index in [0.29, 0.717) is 0 Å². The number of hydrogen-bond donors (Lipinski definition) is 3. The molecule has 3 N–H and O–H groups in total. The zero-order chi connectivity index (χ0) is 19.6. The van der Waals surface area contributed by atoms with Crippen LogP contribution in [0, 0.1) is 0 Å². The summed E-state index contributed by atoms with van der Waals surface area (Å²) in [5, 5.41) is 6.70. The third kappa shape index (κ3) is 5.49. The molecule has 6 heteroatoms. The van der Waals surface area contributed by atoms with Crippen molar-refractivity contribution < 1.29 is 4.74 Å². The van der Waals surface area contributed by atoms with E-state index in [2.05, 4.69) is 44.7 Å². The number of rotatable bonds is 9. The number of aryl methyl sites for hydroxylation is 1. The van der Waals surface area contributed by atoms with Gasteiger partial charge in [-0.05, 0) is 43.5 Å². The molecule has 0 aliphatic carbocycles. The first-order chi connectivity index (χ1) is 13.8. The third-order valence-electron chi connectivity index (χ3n) is 4.50. The highest BCUT2D eigenvalue weighted by Crippen LogP contribution is 2.17. The van der Waals surface area contributed by atoms with Gasteiger partial charge in [0.1, 0.15) is 11.6 Å². The van der Waals surface area contributed by atoms with Gasteiger partial charge in [0.15, 0.2) is 5.96 Å². The van der Waals surface area contributed by atoms with Crippen LogP contribution in [0.2, 0.25) is 0 Å². The first-order valence-corrected chi connectivity index (χ1v) is 9.88. The molecule has 1 aromatic heterocycles. The van der Waals surface area contributed by atoms with Gasteiger partial charge in [-0.15, -0.1) is 0 Å². The maximum absolute atomic E-state index is 5.41. The summed E-state index contributed by atoms with van der Waals surface area (Å²) in [6, 6.07) is 16.2. The van der Waals surface area contributed by atoms with E-state index in [1.54, 1.807) is 7.11 Å². The van der Waals surface area contributed by atoms with Crippen LogP contribution in [0.4, 0.5) is 0 Å². The van der Waals surface area contributed by atoms with Crippen molar-refractivity contribution in [3.8, 4) is 5.75 Å². The minimum atomic E-state index is 0.751. The Kier molecular flexibility index (Phi) is 7.29. The van der Waals surface area contributed by atoms with E-state index in [9.17, 15) is 0 Å². The van der Waals surface area contributed by atoms with Gasteiger partial charge in [-0.25, -0.2) is 4.98 Å². The summed E-state index contributed by atoms with van der Waals surface area (Å²) in [4.78, 5) is 12.7. The van der Waals surface area contributed by atoms with Crippen molar-refractivity contribution in [2.24, 2.45) is 4.99 Å². The Morgan fingerprint density at radius 2 is 1.89 bits per heavy atom. The van der Waals surface area contributed by atoms with Gasteiger partial charge in [0, 0.05) is 26.1 Å². The normalized spacial score (nSPS) is 11.6. The highest BCUT2D eigenvalue weighted by molar-refractivity contribution is 5.79. The van der Waals surface area contributed by atoms with Gasteiger partial charge in [0.05, 0.1) is 18.1 Å². The Balaban J connectivity index is 1.46. The number of aromatic nitrogens is 2. The molecule has 0 atom stereocenters. The van der Waals surface area contributed by atoms with E-state index in [4.69, 9.17) is 4.74 Å². The van der Waals surface area contributed by atoms with Crippen molar-refractivity contribution in [2.45, 2.75) is 26.2 Å². The maximum atomic E-state index is 5.41. The summed E-state index contributed by atoms with van der Waals surface area (Å²) >= 11 is 0. The highest BCUT2D eigenvalue weighted by atomic mass is 16.5. The summed E-state index contributed by atoms with van der Waals surface area (Å²) in [7, 11) is 1.71. The fraction of sp³-hybridized carbons (Fsp3) is 0.364. The second-order valence-corrected chi connectivity index (χ2v) is 6.55. The van der Waals surface area contributed by atoms with Crippen LogP contribution < -0.4 is 15.4 Å². The van der Waals surface area contributed by atoms with Crippen LogP contribution in [0.3, 0.4) is 0 Å². The quantitative estimate of drug-likeness (QED) is 0.303. The third-order valence-corrected chi connectivity index (χ3v) is 4.50. The molecule has 1 heterocycles. The molecule has 0 amide bonds. The molecule has 148 valence electrons. The van der Waals surface area contributed by atoms with Gasteiger partial charge < -0.3 is 20.4 Å². The molecule has 0 aliphatic rings. The number of imidazole rings is 1. The zero-order valence-electron chi connectivity index (χ0n) is 16.7. The smallest absolute Gasteiger partial charge is 0.191 e. The number of nitrogens with zero attached hydrogens (tertiary/aromatic N) is 2. The lowest BCUT2D eigenvalue weighted by atomic mass is 10.1. The van der Waals surface area contributed by atoms with E-state index < -0.39 is 0 Å². The largest absolute Gasteiger partial charge is 0.496 e. The zero-order valence-corrected chi connectivity index (χ0v) is 16.7. The summed E-state index contributed by atoms with van der Waals surface area (Å²) in [6.07, 6.45) is 2.72. The van der Waals surface area contributed by atoms with Crippen molar-refractivity contribution in [1.82, 2.24) is 20.6 Å². The van der Waals surface area contributed by atoms with Crippen LogP contribution in [0.1, 0.15) is 24.7 Å². The number of H-pyrrole nitrogens is 1. The Morgan fingerprint density at radius 1 is 1.07 bits per heavy atom. The van der Waals surface area contributed by atoms with E-state index in [1.807, 2.05) is 36.4 Å². The number of aliphatic imine (C=N–C) groups is 1. The number of aromatic amines is 1. The maximum Gasteiger partial charge on any atom is 0.191 e. The monoisotopic (exact) mass is 379 g/mol. The molecular weight excluding hydrogens is 350 g/mol. The first-order valence-electron chi connectivity index (χ1n) is 9.88. The van der Waals surface area contributed by atoms with E-state index in [1.165, 1.54) is 5.56 Å². The van der Waals surface area contributed by atoms with Gasteiger partial charge >= 0.3 is 0 Å². The lowest BCUT2D eigenvalue weighted by Crippen LogP contribution is -2.38. The number of para-hydroxylation sites is 3. The molecule has 0 spiro atoms. The second kappa shape index (κ2) is 10.3. The predicted molar refractivity (Wildman–Crippen MR) is 115 cm³/mol. The number of methoxy groups -OCH3 is 1. The fourth-order valence-corrected chi connectivity index (χ4v) is 3.13. The summed E-state index contributed by atoms with van der Waals surface area (Å²) in [5.74, 6) is 2.80. The minimum Gasteiger partial charge on any atom is -0.496 e.